The number of esters is 1. The van der Waals surface area contributed by atoms with Crippen LogP contribution in [0, 0.1) is 0 Å². The lowest BCUT2D eigenvalue weighted by Crippen LogP contribution is -2.12. The van der Waals surface area contributed by atoms with Crippen LogP contribution in [0.1, 0.15) is 35.3 Å². The van der Waals surface area contributed by atoms with Crippen molar-refractivity contribution in [3.8, 4) is 0 Å². The third-order valence-electron chi connectivity index (χ3n) is 4.98. The zero-order chi connectivity index (χ0) is 17.4. The molecule has 1 aliphatic carbocycles. The maximum Gasteiger partial charge on any atom is 0.310 e. The summed E-state index contributed by atoms with van der Waals surface area (Å²) in [5.41, 5.74) is 11.2. The fourth-order valence-corrected chi connectivity index (χ4v) is 3.73. The molecule has 0 saturated heterocycles. The van der Waals surface area contributed by atoms with E-state index in [9.17, 15) is 4.79 Å². The Hall–Kier alpha value is -2.81. The van der Waals surface area contributed by atoms with Crippen LogP contribution >= 0.6 is 0 Å². The number of ether oxygens (including phenoxy) is 1. The lowest BCUT2D eigenvalue weighted by molar-refractivity contribution is -0.147. The molecular formula is C22H21NO2. The number of carbonyl (C=O) groups excluding carboxylic acids is 1. The van der Waals surface area contributed by atoms with Gasteiger partial charge in [-0.15, -0.1) is 0 Å². The number of hydrogen-bond acceptors (Lipinski definition) is 3. The van der Waals surface area contributed by atoms with Gasteiger partial charge < -0.3 is 10.5 Å². The van der Waals surface area contributed by atoms with E-state index < -0.39 is 0 Å². The largest absolute Gasteiger partial charge is 0.458 e. The Morgan fingerprint density at radius 1 is 1.04 bits per heavy atom. The molecular weight excluding hydrogens is 310 g/mol. The summed E-state index contributed by atoms with van der Waals surface area (Å²) < 4.78 is 5.71. The summed E-state index contributed by atoms with van der Waals surface area (Å²) in [5, 5.41) is 2.56. The van der Waals surface area contributed by atoms with Crippen LogP contribution in [-0.4, -0.2) is 5.97 Å². The molecule has 0 aromatic heterocycles. The molecule has 3 aromatic rings. The molecule has 0 aliphatic heterocycles. The average molecular weight is 331 g/mol. The first kappa shape index (κ1) is 15.7. The highest BCUT2D eigenvalue weighted by Gasteiger charge is 2.20. The van der Waals surface area contributed by atoms with Gasteiger partial charge in [0.25, 0.3) is 0 Å². The Labute approximate surface area is 147 Å². The lowest BCUT2D eigenvalue weighted by Gasteiger charge is -2.17. The second kappa shape index (κ2) is 6.25. The van der Waals surface area contributed by atoms with Crippen LogP contribution in [-0.2, 0) is 28.8 Å². The topological polar surface area (TPSA) is 52.3 Å². The van der Waals surface area contributed by atoms with E-state index in [0.717, 1.165) is 24.0 Å². The minimum atomic E-state index is -0.272. The summed E-state index contributed by atoms with van der Waals surface area (Å²) in [7, 11) is 0. The SMILES string of the molecule is CC(OC(=O)Cc1ccc(N)cc1)c1ccc2c3c(cccc13)CC2. The minimum absolute atomic E-state index is 0.222. The second-order valence-corrected chi connectivity index (χ2v) is 6.70. The van der Waals surface area contributed by atoms with E-state index in [2.05, 4.69) is 30.3 Å². The fraction of sp³-hybridized carbons (Fsp3) is 0.227. The molecule has 0 amide bonds. The van der Waals surface area contributed by atoms with Gasteiger partial charge in [-0.25, -0.2) is 0 Å². The molecule has 0 heterocycles. The van der Waals surface area contributed by atoms with E-state index in [1.54, 1.807) is 12.1 Å². The van der Waals surface area contributed by atoms with Gasteiger partial charge in [0, 0.05) is 11.3 Å². The van der Waals surface area contributed by atoms with Crippen molar-refractivity contribution in [1.29, 1.82) is 0 Å². The van der Waals surface area contributed by atoms with Gasteiger partial charge in [-0.1, -0.05) is 42.5 Å². The number of benzene rings is 3. The predicted molar refractivity (Wildman–Crippen MR) is 100 cm³/mol. The van der Waals surface area contributed by atoms with E-state index >= 15 is 0 Å². The quantitative estimate of drug-likeness (QED) is 0.570. The standard InChI is InChI=1S/C22H21NO2/c1-14(25-21(24)13-15-5-10-18(23)11-6-15)19-12-9-17-8-7-16-3-2-4-20(19)22(16)17/h2-6,9-12,14H,7-8,13,23H2,1H3. The Bertz CT molecular complexity index is 934. The highest BCUT2D eigenvalue weighted by molar-refractivity contribution is 5.93. The Morgan fingerprint density at radius 3 is 2.52 bits per heavy atom. The van der Waals surface area contributed by atoms with Crippen LogP contribution in [0.3, 0.4) is 0 Å². The van der Waals surface area contributed by atoms with Crippen molar-refractivity contribution in [1.82, 2.24) is 0 Å². The third kappa shape index (κ3) is 2.98. The van der Waals surface area contributed by atoms with Crippen molar-refractivity contribution in [2.75, 3.05) is 5.73 Å². The molecule has 0 spiro atoms. The normalized spacial score (nSPS) is 13.8. The van der Waals surface area contributed by atoms with Crippen LogP contribution in [0.5, 0.6) is 0 Å². The molecule has 0 fully saturated rings. The zero-order valence-electron chi connectivity index (χ0n) is 14.3. The van der Waals surface area contributed by atoms with Gasteiger partial charge in [0.2, 0.25) is 0 Å². The van der Waals surface area contributed by atoms with Gasteiger partial charge >= 0.3 is 5.97 Å². The summed E-state index contributed by atoms with van der Waals surface area (Å²) in [6, 6.07) is 18.0. The predicted octanol–water partition coefficient (Wildman–Crippen LogP) is 4.37. The third-order valence-corrected chi connectivity index (χ3v) is 4.98. The first-order valence-electron chi connectivity index (χ1n) is 8.69. The van der Waals surface area contributed by atoms with E-state index in [4.69, 9.17) is 10.5 Å². The van der Waals surface area contributed by atoms with Gasteiger partial charge in [0.1, 0.15) is 6.10 Å². The van der Waals surface area contributed by atoms with Gasteiger partial charge in [-0.2, -0.15) is 0 Å². The summed E-state index contributed by atoms with van der Waals surface area (Å²) >= 11 is 0. The summed E-state index contributed by atoms with van der Waals surface area (Å²) in [5.74, 6) is -0.222. The molecule has 3 aromatic carbocycles. The van der Waals surface area contributed by atoms with E-state index in [0.29, 0.717) is 5.69 Å². The van der Waals surface area contributed by atoms with Crippen molar-refractivity contribution in [2.45, 2.75) is 32.3 Å². The molecule has 1 unspecified atom stereocenters. The fourth-order valence-electron chi connectivity index (χ4n) is 3.73. The van der Waals surface area contributed by atoms with Gasteiger partial charge in [0.15, 0.2) is 0 Å². The van der Waals surface area contributed by atoms with Crippen molar-refractivity contribution < 1.29 is 9.53 Å². The molecule has 0 saturated carbocycles. The van der Waals surface area contributed by atoms with Gasteiger partial charge in [-0.3, -0.25) is 4.79 Å². The molecule has 0 radical (unpaired) electrons. The highest BCUT2D eigenvalue weighted by Crippen LogP contribution is 2.35. The molecule has 2 N–H and O–H groups in total. The number of nitrogens with two attached hydrogens (primary N) is 1. The molecule has 1 atom stereocenters. The van der Waals surface area contributed by atoms with Crippen LogP contribution in [0.15, 0.2) is 54.6 Å². The molecule has 1 aliphatic rings. The molecule has 0 bridgehead atoms. The number of aryl methyl sites for hydroxylation is 2. The smallest absolute Gasteiger partial charge is 0.310 e. The number of rotatable bonds is 4. The second-order valence-electron chi connectivity index (χ2n) is 6.70. The van der Waals surface area contributed by atoms with E-state index in [1.807, 2.05) is 19.1 Å². The van der Waals surface area contributed by atoms with Crippen molar-refractivity contribution in [3.63, 3.8) is 0 Å². The first-order chi connectivity index (χ1) is 12.1. The number of carbonyl (C=O) groups is 1. The van der Waals surface area contributed by atoms with Crippen LogP contribution in [0.4, 0.5) is 5.69 Å². The maximum absolute atomic E-state index is 12.3. The van der Waals surface area contributed by atoms with Crippen molar-refractivity contribution in [3.05, 3.63) is 76.9 Å². The summed E-state index contributed by atoms with van der Waals surface area (Å²) in [4.78, 5) is 12.3. The number of hydrogen-bond donors (Lipinski definition) is 1. The van der Waals surface area contributed by atoms with Crippen molar-refractivity contribution in [2.24, 2.45) is 0 Å². The Balaban J connectivity index is 1.55. The van der Waals surface area contributed by atoms with Crippen LogP contribution in [0.25, 0.3) is 10.8 Å². The molecule has 4 rings (SSSR count). The molecule has 126 valence electrons. The first-order valence-corrected chi connectivity index (χ1v) is 8.69. The molecule has 25 heavy (non-hydrogen) atoms. The number of nitrogen functional groups attached to an aromatic ring is 1. The average Bonchev–Trinajstić information content (AvgIpc) is 3.02. The molecule has 3 heteroatoms. The van der Waals surface area contributed by atoms with Crippen molar-refractivity contribution >= 4 is 22.4 Å². The number of anilines is 1. The monoisotopic (exact) mass is 331 g/mol. The van der Waals surface area contributed by atoms with Crippen LogP contribution in [0.2, 0.25) is 0 Å². The summed E-state index contributed by atoms with van der Waals surface area (Å²) in [6.07, 6.45) is 2.18. The Kier molecular flexibility index (Phi) is 3.92. The maximum atomic E-state index is 12.3. The van der Waals surface area contributed by atoms with E-state index in [-0.39, 0.29) is 18.5 Å². The molecule has 3 nitrogen and oxygen atoms in total. The lowest BCUT2D eigenvalue weighted by atomic mass is 9.97. The minimum Gasteiger partial charge on any atom is -0.458 e. The zero-order valence-corrected chi connectivity index (χ0v) is 14.3. The van der Waals surface area contributed by atoms with Crippen LogP contribution < -0.4 is 5.73 Å². The summed E-state index contributed by atoms with van der Waals surface area (Å²) in [6.45, 7) is 1.94. The Morgan fingerprint density at radius 2 is 1.76 bits per heavy atom. The van der Waals surface area contributed by atoms with Gasteiger partial charge in [0.05, 0.1) is 6.42 Å². The van der Waals surface area contributed by atoms with Gasteiger partial charge in [-0.05, 0) is 59.4 Å². The highest BCUT2D eigenvalue weighted by atomic mass is 16.5. The van der Waals surface area contributed by atoms with E-state index in [1.165, 1.54) is 21.9 Å².